The molecule has 0 aromatic rings. The van der Waals surface area contributed by atoms with Crippen LogP contribution in [0.25, 0.3) is 0 Å². The highest BCUT2D eigenvalue weighted by Crippen LogP contribution is 2.31. The predicted molar refractivity (Wildman–Crippen MR) is 69.3 cm³/mol. The van der Waals surface area contributed by atoms with E-state index in [1.807, 2.05) is 6.92 Å². The molecule has 0 saturated heterocycles. The van der Waals surface area contributed by atoms with Gasteiger partial charge in [0.05, 0.1) is 0 Å². The number of alkyl halides is 2. The molecule has 0 radical (unpaired) electrons. The summed E-state index contributed by atoms with van der Waals surface area (Å²) >= 11 is 18.1. The smallest absolute Gasteiger partial charge is 0.386 e. The van der Waals surface area contributed by atoms with Gasteiger partial charge in [-0.2, -0.15) is 0 Å². The average Bonchev–Trinajstić information content (AvgIpc) is 2.23. The van der Waals surface area contributed by atoms with E-state index in [1.165, 1.54) is 0 Å². The van der Waals surface area contributed by atoms with Crippen molar-refractivity contribution < 1.29 is 8.85 Å². The second-order valence-electron chi connectivity index (χ2n) is 3.77. The number of hydrogen-bond donors (Lipinski definition) is 0. The summed E-state index contributed by atoms with van der Waals surface area (Å²) in [6.45, 7) is 2.00. The largest absolute Gasteiger partial charge is 0.442 e. The van der Waals surface area contributed by atoms with Crippen LogP contribution in [0.4, 0.5) is 0 Å². The van der Waals surface area contributed by atoms with Gasteiger partial charge in [-0.3, -0.25) is 0 Å². The van der Waals surface area contributed by atoms with Crippen molar-refractivity contribution in [2.75, 3.05) is 20.1 Å². The van der Waals surface area contributed by atoms with Crippen molar-refractivity contribution in [1.29, 1.82) is 0 Å². The highest BCUT2D eigenvalue weighted by atomic mass is 35.6. The zero-order valence-corrected chi connectivity index (χ0v) is 12.8. The molecule has 2 nitrogen and oxygen atoms in total. The fourth-order valence-electron chi connectivity index (χ4n) is 1.26. The Bertz CT molecular complexity index is 175. The lowest BCUT2D eigenvalue weighted by Crippen LogP contribution is -2.35. The zero-order valence-electron chi connectivity index (χ0n) is 9.49. The van der Waals surface area contributed by atoms with Crippen LogP contribution < -0.4 is 0 Å². The van der Waals surface area contributed by atoms with Crippen LogP contribution in [-0.4, -0.2) is 32.8 Å². The number of rotatable bonds is 8. The van der Waals surface area contributed by atoms with E-state index in [9.17, 15) is 0 Å². The Morgan fingerprint density at radius 3 is 2.13 bits per heavy atom. The van der Waals surface area contributed by atoms with Crippen molar-refractivity contribution >= 4 is 42.2 Å². The van der Waals surface area contributed by atoms with Crippen LogP contribution in [-0.2, 0) is 8.85 Å². The molecule has 0 heterocycles. The van der Waals surface area contributed by atoms with E-state index in [4.69, 9.17) is 43.1 Å². The van der Waals surface area contributed by atoms with Crippen LogP contribution in [0.2, 0.25) is 6.04 Å². The highest BCUT2D eigenvalue weighted by Gasteiger charge is 2.36. The molecule has 1 unspecified atom stereocenters. The van der Waals surface area contributed by atoms with Crippen LogP contribution in [0.1, 0.15) is 26.2 Å². The van der Waals surface area contributed by atoms with E-state index in [-0.39, 0.29) is 4.87 Å². The zero-order chi connectivity index (χ0) is 11.9. The number of hydrogen-bond acceptors (Lipinski definition) is 2. The Balaban J connectivity index is 4.00. The van der Waals surface area contributed by atoms with E-state index in [1.54, 1.807) is 14.2 Å². The summed E-state index contributed by atoms with van der Waals surface area (Å²) in [7, 11) is 0.661. The maximum atomic E-state index is 6.33. The topological polar surface area (TPSA) is 18.5 Å². The molecule has 0 amide bonds. The quantitative estimate of drug-likeness (QED) is 0.384. The van der Waals surface area contributed by atoms with Gasteiger partial charge in [0.25, 0.3) is 0 Å². The molecule has 1 atom stereocenters. The standard InChI is InChI=1S/C9H19Cl3O2Si/c1-9(11,5-4-7-10)6-8-15(12,13-2)14-3/h4-8H2,1-3H3. The third-order valence-electron chi connectivity index (χ3n) is 2.39. The summed E-state index contributed by atoms with van der Waals surface area (Å²) in [6, 6.07) is 0.684. The van der Waals surface area contributed by atoms with Crippen LogP contribution in [0.5, 0.6) is 0 Å². The normalized spacial score (nSPS) is 16.4. The molecule has 0 N–H and O–H groups in total. The predicted octanol–water partition coefficient (Wildman–Crippen LogP) is 3.86. The summed E-state index contributed by atoms with van der Waals surface area (Å²) in [6.07, 6.45) is 2.58. The minimum Gasteiger partial charge on any atom is -0.386 e. The summed E-state index contributed by atoms with van der Waals surface area (Å²) in [4.78, 5) is -0.265. The van der Waals surface area contributed by atoms with Crippen LogP contribution >= 0.6 is 34.3 Å². The van der Waals surface area contributed by atoms with E-state index >= 15 is 0 Å². The molecule has 15 heavy (non-hydrogen) atoms. The third-order valence-corrected chi connectivity index (χ3v) is 6.59. The maximum Gasteiger partial charge on any atom is 0.442 e. The maximum absolute atomic E-state index is 6.33. The molecule has 0 aromatic heterocycles. The second kappa shape index (κ2) is 7.36. The van der Waals surface area contributed by atoms with Crippen molar-refractivity contribution in [2.45, 2.75) is 37.1 Å². The second-order valence-corrected chi connectivity index (χ2v) is 9.43. The van der Waals surface area contributed by atoms with Gasteiger partial charge in [-0.25, -0.2) is 0 Å². The third kappa shape index (κ3) is 7.03. The lowest BCUT2D eigenvalue weighted by molar-refractivity contribution is 0.262. The van der Waals surface area contributed by atoms with E-state index in [0.29, 0.717) is 11.9 Å². The van der Waals surface area contributed by atoms with E-state index in [2.05, 4.69) is 0 Å². The van der Waals surface area contributed by atoms with Crippen molar-refractivity contribution in [1.82, 2.24) is 0 Å². The van der Waals surface area contributed by atoms with Gasteiger partial charge in [0, 0.05) is 31.0 Å². The first-order valence-corrected chi connectivity index (χ1v) is 8.88. The van der Waals surface area contributed by atoms with Crippen LogP contribution in [0, 0.1) is 0 Å². The monoisotopic (exact) mass is 292 g/mol. The fraction of sp³-hybridized carbons (Fsp3) is 1.00. The minimum atomic E-state index is -2.49. The molecule has 0 bridgehead atoms. The molecule has 0 saturated carbocycles. The van der Waals surface area contributed by atoms with Crippen molar-refractivity contribution in [2.24, 2.45) is 0 Å². The fourth-order valence-corrected chi connectivity index (χ4v) is 3.49. The molecule has 92 valence electrons. The molecule has 0 fully saturated rings. The first-order valence-electron chi connectivity index (χ1n) is 4.93. The lowest BCUT2D eigenvalue weighted by Gasteiger charge is -2.26. The van der Waals surface area contributed by atoms with Crippen LogP contribution in [0.15, 0.2) is 0 Å². The molecule has 0 aliphatic rings. The Hall–Kier alpha value is 1.01. The Kier molecular flexibility index (Phi) is 7.85. The summed E-state index contributed by atoms with van der Waals surface area (Å²) in [5.74, 6) is 0.639. The van der Waals surface area contributed by atoms with Gasteiger partial charge >= 0.3 is 7.87 Å². The Morgan fingerprint density at radius 1 is 1.20 bits per heavy atom. The SMILES string of the molecule is CO[Si](Cl)(CCC(C)(Cl)CCCCl)OC. The van der Waals surface area contributed by atoms with Crippen molar-refractivity contribution in [3.8, 4) is 0 Å². The first kappa shape index (κ1) is 16.0. The van der Waals surface area contributed by atoms with Gasteiger partial charge in [0.2, 0.25) is 0 Å². The summed E-state index contributed by atoms with van der Waals surface area (Å²) in [5, 5.41) is 0. The summed E-state index contributed by atoms with van der Waals surface area (Å²) in [5.41, 5.74) is 0. The molecule has 0 aromatic carbocycles. The van der Waals surface area contributed by atoms with Gasteiger partial charge in [-0.05, 0) is 26.2 Å². The van der Waals surface area contributed by atoms with Gasteiger partial charge in [-0.15, -0.1) is 23.2 Å². The van der Waals surface area contributed by atoms with Gasteiger partial charge < -0.3 is 8.85 Å². The summed E-state index contributed by atoms with van der Waals surface area (Å²) < 4.78 is 10.4. The van der Waals surface area contributed by atoms with Crippen LogP contribution in [0.3, 0.4) is 0 Å². The number of halogens is 3. The van der Waals surface area contributed by atoms with Gasteiger partial charge in [-0.1, -0.05) is 11.1 Å². The molecule has 6 heteroatoms. The minimum absolute atomic E-state index is 0.265. The Labute approximate surface area is 108 Å². The molecular weight excluding hydrogens is 275 g/mol. The van der Waals surface area contributed by atoms with Crippen molar-refractivity contribution in [3.63, 3.8) is 0 Å². The molecule has 0 aliphatic carbocycles. The molecule has 0 spiro atoms. The highest BCUT2D eigenvalue weighted by molar-refractivity contribution is 7.12. The van der Waals surface area contributed by atoms with E-state index in [0.717, 1.165) is 19.3 Å². The lowest BCUT2D eigenvalue weighted by atomic mass is 10.0. The molecular formula is C9H19Cl3O2Si. The average molecular weight is 294 g/mol. The van der Waals surface area contributed by atoms with E-state index < -0.39 is 7.87 Å². The van der Waals surface area contributed by atoms with Gasteiger partial charge in [0.15, 0.2) is 0 Å². The van der Waals surface area contributed by atoms with Crippen molar-refractivity contribution in [3.05, 3.63) is 0 Å². The first-order chi connectivity index (χ1) is 6.89. The molecule has 0 rings (SSSR count). The Morgan fingerprint density at radius 2 is 1.73 bits per heavy atom. The molecule has 0 aliphatic heterocycles. The van der Waals surface area contributed by atoms with Gasteiger partial charge in [0.1, 0.15) is 0 Å².